The number of nitrogens with zero attached hydrogens (tertiary/aromatic N) is 3. The minimum absolute atomic E-state index is 0.0103. The number of aromatic nitrogens is 1. The van der Waals surface area contributed by atoms with Crippen molar-refractivity contribution in [3.8, 4) is 6.07 Å². The summed E-state index contributed by atoms with van der Waals surface area (Å²) in [4.78, 5) is 5.02. The summed E-state index contributed by atoms with van der Waals surface area (Å²) in [7, 11) is 0. The molecule has 4 nitrogen and oxygen atoms in total. The van der Waals surface area contributed by atoms with Crippen molar-refractivity contribution in [1.29, 1.82) is 5.26 Å². The molecule has 0 radical (unpaired) electrons. The van der Waals surface area contributed by atoms with Crippen LogP contribution < -0.4 is 10.6 Å². The first-order valence-corrected chi connectivity index (χ1v) is 5.40. The van der Waals surface area contributed by atoms with E-state index in [4.69, 9.17) is 11.0 Å². The number of halogens is 3. The summed E-state index contributed by atoms with van der Waals surface area (Å²) in [6.45, 7) is -1.09. The Morgan fingerprint density at radius 1 is 1.50 bits per heavy atom. The molecule has 1 aromatic rings. The third-order valence-corrected chi connectivity index (χ3v) is 2.70. The van der Waals surface area contributed by atoms with E-state index >= 15 is 0 Å². The zero-order valence-corrected chi connectivity index (χ0v) is 9.41. The van der Waals surface area contributed by atoms with Crippen LogP contribution in [0.15, 0.2) is 12.3 Å². The standard InChI is InChI=1S/C11H11F3N4/c12-11(13,14)6-18(8-1-2-8)10-9(16)7(5-15)3-4-17-10/h3-4,8H,1-2,6,16H2. The van der Waals surface area contributed by atoms with E-state index in [0.29, 0.717) is 12.8 Å². The maximum Gasteiger partial charge on any atom is 0.405 e. The van der Waals surface area contributed by atoms with Gasteiger partial charge in [0.1, 0.15) is 12.6 Å². The van der Waals surface area contributed by atoms with E-state index < -0.39 is 12.7 Å². The molecule has 1 fully saturated rings. The van der Waals surface area contributed by atoms with Gasteiger partial charge in [-0.15, -0.1) is 0 Å². The summed E-state index contributed by atoms with van der Waals surface area (Å²) in [6.07, 6.45) is -1.64. The molecule has 0 spiro atoms. The Bertz CT molecular complexity index is 488. The summed E-state index contributed by atoms with van der Waals surface area (Å²) < 4.78 is 37.6. The van der Waals surface area contributed by atoms with Gasteiger partial charge in [0.05, 0.1) is 11.3 Å². The Hall–Kier alpha value is -1.97. The first-order valence-electron chi connectivity index (χ1n) is 5.40. The molecule has 1 aliphatic carbocycles. The molecule has 18 heavy (non-hydrogen) atoms. The first kappa shape index (κ1) is 12.5. The fraction of sp³-hybridized carbons (Fsp3) is 0.455. The van der Waals surface area contributed by atoms with E-state index in [2.05, 4.69) is 4.98 Å². The average Bonchev–Trinajstić information content (AvgIpc) is 3.09. The number of hydrogen-bond acceptors (Lipinski definition) is 4. The Morgan fingerprint density at radius 3 is 2.67 bits per heavy atom. The van der Waals surface area contributed by atoms with Crippen LogP contribution in [0.1, 0.15) is 18.4 Å². The van der Waals surface area contributed by atoms with Crippen LogP contribution in [-0.2, 0) is 0 Å². The van der Waals surface area contributed by atoms with Gasteiger partial charge in [-0.25, -0.2) is 4.98 Å². The molecule has 1 aromatic heterocycles. The zero-order chi connectivity index (χ0) is 13.3. The van der Waals surface area contributed by atoms with Crippen LogP contribution in [0.25, 0.3) is 0 Å². The Balaban J connectivity index is 2.35. The Labute approximate surface area is 102 Å². The van der Waals surface area contributed by atoms with Gasteiger partial charge in [0.15, 0.2) is 5.82 Å². The molecule has 0 bridgehead atoms. The maximum absolute atomic E-state index is 12.5. The van der Waals surface area contributed by atoms with Gasteiger partial charge in [-0.2, -0.15) is 18.4 Å². The van der Waals surface area contributed by atoms with Crippen LogP contribution in [-0.4, -0.2) is 23.7 Å². The van der Waals surface area contributed by atoms with E-state index in [9.17, 15) is 13.2 Å². The van der Waals surface area contributed by atoms with Crippen LogP contribution in [0.3, 0.4) is 0 Å². The normalized spacial score (nSPS) is 15.2. The van der Waals surface area contributed by atoms with Crippen LogP contribution in [0, 0.1) is 11.3 Å². The van der Waals surface area contributed by atoms with Crippen molar-refractivity contribution in [2.24, 2.45) is 0 Å². The summed E-state index contributed by atoms with van der Waals surface area (Å²) in [5, 5.41) is 8.81. The van der Waals surface area contributed by atoms with Crippen molar-refractivity contribution in [1.82, 2.24) is 4.98 Å². The quantitative estimate of drug-likeness (QED) is 0.899. The van der Waals surface area contributed by atoms with E-state index in [0.717, 1.165) is 4.90 Å². The molecule has 0 amide bonds. The Kier molecular flexibility index (Phi) is 3.03. The highest BCUT2D eigenvalue weighted by Gasteiger charge is 2.39. The molecule has 1 saturated carbocycles. The first-order chi connectivity index (χ1) is 8.42. The van der Waals surface area contributed by atoms with Crippen molar-refractivity contribution in [2.45, 2.75) is 25.1 Å². The maximum atomic E-state index is 12.5. The second kappa shape index (κ2) is 4.37. The van der Waals surface area contributed by atoms with Gasteiger partial charge in [-0.05, 0) is 18.9 Å². The number of hydrogen-bond donors (Lipinski definition) is 1. The highest BCUT2D eigenvalue weighted by Crippen LogP contribution is 2.36. The molecule has 0 unspecified atom stereocenters. The summed E-state index contributed by atoms with van der Waals surface area (Å²) in [5.41, 5.74) is 5.84. The highest BCUT2D eigenvalue weighted by atomic mass is 19.4. The lowest BCUT2D eigenvalue weighted by Crippen LogP contribution is -2.37. The topological polar surface area (TPSA) is 65.9 Å². The smallest absolute Gasteiger partial charge is 0.395 e. The van der Waals surface area contributed by atoms with Gasteiger partial charge in [0, 0.05) is 12.2 Å². The monoisotopic (exact) mass is 256 g/mol. The van der Waals surface area contributed by atoms with Crippen molar-refractivity contribution >= 4 is 11.5 Å². The van der Waals surface area contributed by atoms with E-state index in [1.165, 1.54) is 12.3 Å². The summed E-state index contributed by atoms with van der Waals surface area (Å²) in [6, 6.07) is 3.04. The minimum atomic E-state index is -4.32. The van der Waals surface area contributed by atoms with Crippen molar-refractivity contribution in [2.75, 3.05) is 17.2 Å². The minimum Gasteiger partial charge on any atom is -0.395 e. The lowest BCUT2D eigenvalue weighted by atomic mass is 10.2. The number of anilines is 2. The molecule has 1 aliphatic rings. The number of nitrogens with two attached hydrogens (primary N) is 1. The molecular weight excluding hydrogens is 245 g/mol. The number of rotatable bonds is 3. The predicted molar refractivity (Wildman–Crippen MR) is 59.8 cm³/mol. The van der Waals surface area contributed by atoms with Crippen LogP contribution in [0.4, 0.5) is 24.7 Å². The summed E-state index contributed by atoms with van der Waals surface area (Å²) >= 11 is 0. The lowest BCUT2D eigenvalue weighted by molar-refractivity contribution is -0.120. The highest BCUT2D eigenvalue weighted by molar-refractivity contribution is 5.70. The molecule has 0 aliphatic heterocycles. The fourth-order valence-electron chi connectivity index (χ4n) is 1.74. The molecule has 0 saturated heterocycles. The van der Waals surface area contributed by atoms with Crippen molar-refractivity contribution < 1.29 is 13.2 Å². The number of alkyl halides is 3. The zero-order valence-electron chi connectivity index (χ0n) is 9.41. The molecular formula is C11H11F3N4. The van der Waals surface area contributed by atoms with Crippen molar-refractivity contribution in [3.63, 3.8) is 0 Å². The molecule has 2 N–H and O–H groups in total. The SMILES string of the molecule is N#Cc1ccnc(N(CC(F)(F)F)C2CC2)c1N. The van der Waals surface area contributed by atoms with Crippen LogP contribution in [0.5, 0.6) is 0 Å². The molecule has 0 aromatic carbocycles. The van der Waals surface area contributed by atoms with Gasteiger partial charge in [-0.3, -0.25) is 0 Å². The number of pyridine rings is 1. The fourth-order valence-corrected chi connectivity index (χ4v) is 1.74. The van der Waals surface area contributed by atoms with Gasteiger partial charge < -0.3 is 10.6 Å². The van der Waals surface area contributed by atoms with Crippen molar-refractivity contribution in [3.05, 3.63) is 17.8 Å². The van der Waals surface area contributed by atoms with Gasteiger partial charge in [0.25, 0.3) is 0 Å². The summed E-state index contributed by atoms with van der Waals surface area (Å²) in [5.74, 6) is 0.0499. The molecule has 2 rings (SSSR count). The van der Waals surface area contributed by atoms with E-state index in [1.54, 1.807) is 0 Å². The van der Waals surface area contributed by atoms with E-state index in [1.807, 2.05) is 6.07 Å². The third-order valence-electron chi connectivity index (χ3n) is 2.70. The molecule has 0 atom stereocenters. The van der Waals surface area contributed by atoms with Gasteiger partial charge in [0.2, 0.25) is 0 Å². The largest absolute Gasteiger partial charge is 0.405 e. The number of nitriles is 1. The Morgan fingerprint density at radius 2 is 2.17 bits per heavy atom. The lowest BCUT2D eigenvalue weighted by Gasteiger charge is -2.26. The third kappa shape index (κ3) is 2.64. The molecule has 7 heteroatoms. The second-order valence-electron chi connectivity index (χ2n) is 4.18. The van der Waals surface area contributed by atoms with Gasteiger partial charge in [-0.1, -0.05) is 0 Å². The average molecular weight is 256 g/mol. The predicted octanol–water partition coefficient (Wildman–Crippen LogP) is 2.07. The van der Waals surface area contributed by atoms with Crippen LogP contribution >= 0.6 is 0 Å². The molecule has 96 valence electrons. The number of nitrogen functional groups attached to an aromatic ring is 1. The van der Waals surface area contributed by atoms with Crippen LogP contribution in [0.2, 0.25) is 0 Å². The second-order valence-corrected chi connectivity index (χ2v) is 4.18. The van der Waals surface area contributed by atoms with E-state index in [-0.39, 0.29) is 23.1 Å². The molecule has 1 heterocycles. The van der Waals surface area contributed by atoms with Gasteiger partial charge >= 0.3 is 6.18 Å².